The normalized spacial score (nSPS) is 11.3. The number of anilines is 1. The van der Waals surface area contributed by atoms with Crippen molar-refractivity contribution in [3.63, 3.8) is 0 Å². The molecule has 0 spiro atoms. The predicted molar refractivity (Wildman–Crippen MR) is 92.8 cm³/mol. The summed E-state index contributed by atoms with van der Waals surface area (Å²) in [6, 6.07) is 12.5. The average Bonchev–Trinajstić information content (AvgIpc) is 3.21. The Morgan fingerprint density at radius 3 is 2.74 bits per heavy atom. The molecule has 0 aliphatic heterocycles. The quantitative estimate of drug-likeness (QED) is 0.574. The number of rotatable bonds is 5. The fraction of sp³-hybridized carbons (Fsp3) is 0.222. The Bertz CT molecular complexity index is 937. The number of nitrogens with one attached hydrogen (secondary N) is 1. The van der Waals surface area contributed by atoms with E-state index >= 15 is 0 Å². The zero-order valence-corrected chi connectivity index (χ0v) is 13.1. The summed E-state index contributed by atoms with van der Waals surface area (Å²) < 4.78 is 4.36. The SMILES string of the molecule is Cc1nnc(NCCCn2cccc2)c2c1cc1ccccn12. The maximum Gasteiger partial charge on any atom is 0.173 e. The van der Waals surface area contributed by atoms with Gasteiger partial charge < -0.3 is 14.3 Å². The maximum atomic E-state index is 4.37. The summed E-state index contributed by atoms with van der Waals surface area (Å²) >= 11 is 0. The summed E-state index contributed by atoms with van der Waals surface area (Å²) in [6.45, 7) is 3.87. The van der Waals surface area contributed by atoms with E-state index < -0.39 is 0 Å². The van der Waals surface area contributed by atoms with Gasteiger partial charge in [0.15, 0.2) is 5.82 Å². The zero-order valence-electron chi connectivity index (χ0n) is 13.1. The highest BCUT2D eigenvalue weighted by Gasteiger charge is 2.11. The largest absolute Gasteiger partial charge is 0.367 e. The molecule has 0 fully saturated rings. The number of pyridine rings is 1. The third-order valence-corrected chi connectivity index (χ3v) is 4.15. The van der Waals surface area contributed by atoms with Gasteiger partial charge in [0.05, 0.1) is 11.2 Å². The molecular formula is C18H19N5. The molecule has 0 saturated heterocycles. The van der Waals surface area contributed by atoms with Gasteiger partial charge in [0, 0.05) is 42.6 Å². The second-order valence-electron chi connectivity index (χ2n) is 5.74. The molecule has 0 aliphatic rings. The number of hydrogen-bond acceptors (Lipinski definition) is 3. The Morgan fingerprint density at radius 1 is 1.04 bits per heavy atom. The third-order valence-electron chi connectivity index (χ3n) is 4.15. The van der Waals surface area contributed by atoms with Gasteiger partial charge in [0.25, 0.3) is 0 Å². The van der Waals surface area contributed by atoms with Crippen LogP contribution >= 0.6 is 0 Å². The Morgan fingerprint density at radius 2 is 1.87 bits per heavy atom. The molecule has 0 unspecified atom stereocenters. The van der Waals surface area contributed by atoms with Crippen LogP contribution < -0.4 is 5.32 Å². The molecule has 116 valence electrons. The van der Waals surface area contributed by atoms with Crippen LogP contribution in [0.25, 0.3) is 16.4 Å². The Kier molecular flexibility index (Phi) is 3.46. The molecule has 0 aliphatic carbocycles. The van der Waals surface area contributed by atoms with E-state index in [-0.39, 0.29) is 0 Å². The topological polar surface area (TPSA) is 47.2 Å². The molecule has 0 atom stereocenters. The number of nitrogens with zero attached hydrogens (tertiary/aromatic N) is 4. The Labute approximate surface area is 134 Å². The van der Waals surface area contributed by atoms with Crippen molar-refractivity contribution < 1.29 is 0 Å². The van der Waals surface area contributed by atoms with Crippen molar-refractivity contribution in [2.75, 3.05) is 11.9 Å². The van der Waals surface area contributed by atoms with Crippen LogP contribution in [-0.4, -0.2) is 25.7 Å². The predicted octanol–water partition coefficient (Wildman–Crippen LogP) is 3.49. The van der Waals surface area contributed by atoms with Crippen LogP contribution in [-0.2, 0) is 6.54 Å². The fourth-order valence-corrected chi connectivity index (χ4v) is 2.97. The second kappa shape index (κ2) is 5.76. The lowest BCUT2D eigenvalue weighted by Gasteiger charge is -2.09. The highest BCUT2D eigenvalue weighted by molar-refractivity contribution is 5.95. The first-order valence-corrected chi connectivity index (χ1v) is 7.90. The lowest BCUT2D eigenvalue weighted by Crippen LogP contribution is -2.08. The van der Waals surface area contributed by atoms with Gasteiger partial charge in [-0.2, -0.15) is 5.10 Å². The van der Waals surface area contributed by atoms with Crippen LogP contribution in [0.15, 0.2) is 55.0 Å². The monoisotopic (exact) mass is 305 g/mol. The van der Waals surface area contributed by atoms with Crippen LogP contribution in [0.3, 0.4) is 0 Å². The summed E-state index contributed by atoms with van der Waals surface area (Å²) in [5.41, 5.74) is 3.23. The molecule has 0 aromatic carbocycles. The smallest absolute Gasteiger partial charge is 0.173 e. The van der Waals surface area contributed by atoms with E-state index in [4.69, 9.17) is 0 Å². The van der Waals surface area contributed by atoms with Crippen LogP contribution in [0, 0.1) is 6.92 Å². The molecule has 4 aromatic rings. The molecular weight excluding hydrogens is 286 g/mol. The van der Waals surface area contributed by atoms with Gasteiger partial charge in [-0.3, -0.25) is 0 Å². The molecule has 0 bridgehead atoms. The maximum absolute atomic E-state index is 4.37. The van der Waals surface area contributed by atoms with Gasteiger partial charge in [0.1, 0.15) is 0 Å². The third kappa shape index (κ3) is 2.54. The van der Waals surface area contributed by atoms with E-state index in [0.29, 0.717) is 0 Å². The molecule has 1 N–H and O–H groups in total. The molecule has 5 heteroatoms. The first-order chi connectivity index (χ1) is 11.3. The molecule has 0 saturated carbocycles. The Hall–Kier alpha value is -2.82. The lowest BCUT2D eigenvalue weighted by molar-refractivity contribution is 0.664. The molecule has 4 rings (SSSR count). The number of hydrogen-bond donors (Lipinski definition) is 1. The van der Waals surface area contributed by atoms with Gasteiger partial charge in [-0.15, -0.1) is 5.10 Å². The first kappa shape index (κ1) is 13.8. The Balaban J connectivity index is 1.60. The molecule has 0 amide bonds. The van der Waals surface area contributed by atoms with Crippen LogP contribution in [0.5, 0.6) is 0 Å². The minimum Gasteiger partial charge on any atom is -0.367 e. The van der Waals surface area contributed by atoms with E-state index in [1.165, 1.54) is 0 Å². The van der Waals surface area contributed by atoms with Crippen molar-refractivity contribution in [3.05, 3.63) is 60.7 Å². The van der Waals surface area contributed by atoms with Crippen molar-refractivity contribution in [1.82, 2.24) is 19.2 Å². The van der Waals surface area contributed by atoms with Gasteiger partial charge >= 0.3 is 0 Å². The molecule has 4 heterocycles. The molecule has 5 nitrogen and oxygen atoms in total. The summed E-state index contributed by atoms with van der Waals surface area (Å²) in [5, 5.41) is 13.3. The van der Waals surface area contributed by atoms with Crippen LogP contribution in [0.2, 0.25) is 0 Å². The van der Waals surface area contributed by atoms with Crippen LogP contribution in [0.1, 0.15) is 12.1 Å². The highest BCUT2D eigenvalue weighted by atomic mass is 15.2. The van der Waals surface area contributed by atoms with E-state index in [1.807, 2.05) is 13.0 Å². The van der Waals surface area contributed by atoms with Crippen molar-refractivity contribution in [2.45, 2.75) is 19.9 Å². The minimum atomic E-state index is 0.851. The van der Waals surface area contributed by atoms with Crippen molar-refractivity contribution in [1.29, 1.82) is 0 Å². The van der Waals surface area contributed by atoms with Crippen molar-refractivity contribution >= 4 is 22.2 Å². The van der Waals surface area contributed by atoms with Gasteiger partial charge in [-0.1, -0.05) is 6.07 Å². The highest BCUT2D eigenvalue weighted by Crippen LogP contribution is 2.26. The summed E-state index contributed by atoms with van der Waals surface area (Å²) in [6.07, 6.45) is 7.29. The second-order valence-corrected chi connectivity index (χ2v) is 5.74. The zero-order chi connectivity index (χ0) is 15.6. The van der Waals surface area contributed by atoms with E-state index in [0.717, 1.165) is 47.4 Å². The van der Waals surface area contributed by atoms with Gasteiger partial charge in [0.2, 0.25) is 0 Å². The standard InChI is InChI=1S/C18H19N5/c1-14-16-13-15-7-2-3-12-23(15)17(16)18(21-20-14)19-8-6-11-22-9-4-5-10-22/h2-5,7,9-10,12-13H,6,8,11H2,1H3,(H,19,21). The van der Waals surface area contributed by atoms with Crippen molar-refractivity contribution in [2.24, 2.45) is 0 Å². The summed E-state index contributed by atoms with van der Waals surface area (Å²) in [5.74, 6) is 0.851. The lowest BCUT2D eigenvalue weighted by atomic mass is 10.2. The number of aryl methyl sites for hydroxylation is 2. The average molecular weight is 305 g/mol. The molecule has 0 radical (unpaired) electrons. The molecule has 23 heavy (non-hydrogen) atoms. The van der Waals surface area contributed by atoms with E-state index in [9.17, 15) is 0 Å². The van der Waals surface area contributed by atoms with Crippen LogP contribution in [0.4, 0.5) is 5.82 Å². The summed E-state index contributed by atoms with van der Waals surface area (Å²) in [4.78, 5) is 0. The van der Waals surface area contributed by atoms with Gasteiger partial charge in [-0.25, -0.2) is 0 Å². The van der Waals surface area contributed by atoms with E-state index in [2.05, 4.69) is 73.4 Å². The fourth-order valence-electron chi connectivity index (χ4n) is 2.97. The number of fused-ring (bicyclic) bond motifs is 3. The van der Waals surface area contributed by atoms with E-state index in [1.54, 1.807) is 0 Å². The first-order valence-electron chi connectivity index (χ1n) is 7.90. The number of aromatic nitrogens is 4. The summed E-state index contributed by atoms with van der Waals surface area (Å²) in [7, 11) is 0. The molecule has 4 aromatic heterocycles. The van der Waals surface area contributed by atoms with Crippen molar-refractivity contribution in [3.8, 4) is 0 Å². The van der Waals surface area contributed by atoms with Gasteiger partial charge in [-0.05, 0) is 43.7 Å². The minimum absolute atomic E-state index is 0.851.